The molecule has 0 heterocycles. The van der Waals surface area contributed by atoms with Crippen LogP contribution in [-0.4, -0.2) is 6.61 Å². The number of ether oxygens (including phenoxy) is 1. The van der Waals surface area contributed by atoms with Crippen LogP contribution in [0.15, 0.2) is 16.6 Å². The van der Waals surface area contributed by atoms with Crippen LogP contribution in [0, 0.1) is 17.1 Å². The first-order valence-corrected chi connectivity index (χ1v) is 6.01. The van der Waals surface area contributed by atoms with Crippen molar-refractivity contribution in [1.82, 2.24) is 0 Å². The van der Waals surface area contributed by atoms with E-state index in [4.69, 9.17) is 10.00 Å². The highest BCUT2D eigenvalue weighted by molar-refractivity contribution is 9.10. The van der Waals surface area contributed by atoms with E-state index < -0.39 is 5.82 Å². The van der Waals surface area contributed by atoms with Crippen LogP contribution in [0.25, 0.3) is 0 Å². The standard InChI is InChI=1S/C12H13BrFNO/c1-2-3-4-7-16-10-6-5-9(8-15)11(13)12(10)14/h5-6H,2-4,7H2,1H3. The molecule has 0 aliphatic rings. The van der Waals surface area contributed by atoms with E-state index in [-0.39, 0.29) is 15.8 Å². The molecule has 2 nitrogen and oxygen atoms in total. The van der Waals surface area contributed by atoms with Crippen molar-refractivity contribution in [2.75, 3.05) is 6.61 Å². The third-order valence-corrected chi connectivity index (χ3v) is 2.95. The number of hydrogen-bond donors (Lipinski definition) is 0. The van der Waals surface area contributed by atoms with Gasteiger partial charge in [-0.2, -0.15) is 5.26 Å². The van der Waals surface area contributed by atoms with Crippen LogP contribution in [-0.2, 0) is 0 Å². The van der Waals surface area contributed by atoms with Crippen molar-refractivity contribution in [3.8, 4) is 11.8 Å². The summed E-state index contributed by atoms with van der Waals surface area (Å²) >= 11 is 3.04. The SMILES string of the molecule is CCCCCOc1ccc(C#N)c(Br)c1F. The fourth-order valence-corrected chi connectivity index (χ4v) is 1.68. The lowest BCUT2D eigenvalue weighted by molar-refractivity contribution is 0.291. The average Bonchev–Trinajstić information content (AvgIpc) is 2.30. The zero-order chi connectivity index (χ0) is 12.0. The molecule has 0 fully saturated rings. The number of unbranched alkanes of at least 4 members (excludes halogenated alkanes) is 2. The van der Waals surface area contributed by atoms with Crippen LogP contribution >= 0.6 is 15.9 Å². The summed E-state index contributed by atoms with van der Waals surface area (Å²) in [6, 6.07) is 4.93. The van der Waals surface area contributed by atoms with Gasteiger partial charge in [-0.3, -0.25) is 0 Å². The van der Waals surface area contributed by atoms with E-state index >= 15 is 0 Å². The number of halogens is 2. The van der Waals surface area contributed by atoms with Gasteiger partial charge in [0.15, 0.2) is 11.6 Å². The topological polar surface area (TPSA) is 33.0 Å². The summed E-state index contributed by atoms with van der Waals surface area (Å²) in [6.45, 7) is 2.60. The Bertz CT molecular complexity index is 401. The molecule has 1 aromatic carbocycles. The molecule has 0 amide bonds. The maximum atomic E-state index is 13.6. The zero-order valence-corrected chi connectivity index (χ0v) is 10.7. The van der Waals surface area contributed by atoms with Crippen LogP contribution in [0.2, 0.25) is 0 Å². The van der Waals surface area contributed by atoms with Gasteiger partial charge in [-0.15, -0.1) is 0 Å². The Morgan fingerprint density at radius 3 is 2.81 bits per heavy atom. The molecule has 1 aromatic rings. The molecule has 0 radical (unpaired) electrons. The van der Waals surface area contributed by atoms with E-state index in [1.54, 1.807) is 6.07 Å². The van der Waals surface area contributed by atoms with Crippen molar-refractivity contribution in [2.24, 2.45) is 0 Å². The van der Waals surface area contributed by atoms with Crippen molar-refractivity contribution >= 4 is 15.9 Å². The van der Waals surface area contributed by atoms with Gasteiger partial charge in [0.2, 0.25) is 0 Å². The second kappa shape index (κ2) is 6.49. The Kier molecular flexibility index (Phi) is 5.27. The number of rotatable bonds is 5. The summed E-state index contributed by atoms with van der Waals surface area (Å²) in [5.74, 6) is -0.308. The largest absolute Gasteiger partial charge is 0.490 e. The number of nitrogens with zero attached hydrogens (tertiary/aromatic N) is 1. The predicted molar refractivity (Wildman–Crippen MR) is 63.8 cm³/mol. The molecule has 16 heavy (non-hydrogen) atoms. The van der Waals surface area contributed by atoms with Crippen molar-refractivity contribution in [2.45, 2.75) is 26.2 Å². The number of benzene rings is 1. The molecule has 0 saturated heterocycles. The van der Waals surface area contributed by atoms with E-state index in [0.29, 0.717) is 6.61 Å². The quantitative estimate of drug-likeness (QED) is 0.766. The van der Waals surface area contributed by atoms with Gasteiger partial charge in [-0.05, 0) is 34.5 Å². The van der Waals surface area contributed by atoms with Crippen molar-refractivity contribution < 1.29 is 9.13 Å². The molecule has 0 saturated carbocycles. The summed E-state index contributed by atoms with van der Waals surface area (Å²) in [5, 5.41) is 8.69. The van der Waals surface area contributed by atoms with E-state index in [0.717, 1.165) is 19.3 Å². The Hall–Kier alpha value is -1.08. The fourth-order valence-electron chi connectivity index (χ4n) is 1.26. The highest BCUT2D eigenvalue weighted by atomic mass is 79.9. The third kappa shape index (κ3) is 3.21. The van der Waals surface area contributed by atoms with Gasteiger partial charge >= 0.3 is 0 Å². The van der Waals surface area contributed by atoms with Gasteiger partial charge in [-0.25, -0.2) is 4.39 Å². The minimum absolute atomic E-state index is 0.169. The van der Waals surface area contributed by atoms with Crippen LogP contribution in [0.3, 0.4) is 0 Å². The van der Waals surface area contributed by atoms with E-state index in [2.05, 4.69) is 22.9 Å². The second-order valence-corrected chi connectivity index (χ2v) is 4.20. The molecule has 0 bridgehead atoms. The Balaban J connectivity index is 2.68. The lowest BCUT2D eigenvalue weighted by Crippen LogP contribution is -2.00. The molecule has 0 N–H and O–H groups in total. The van der Waals surface area contributed by atoms with Crippen LogP contribution in [0.1, 0.15) is 31.7 Å². The van der Waals surface area contributed by atoms with Crippen LogP contribution in [0.5, 0.6) is 5.75 Å². The Labute approximate surface area is 103 Å². The van der Waals surface area contributed by atoms with Crippen molar-refractivity contribution in [1.29, 1.82) is 5.26 Å². The third-order valence-electron chi connectivity index (χ3n) is 2.17. The highest BCUT2D eigenvalue weighted by Gasteiger charge is 2.11. The molecule has 0 aliphatic carbocycles. The lowest BCUT2D eigenvalue weighted by atomic mass is 10.2. The first-order valence-electron chi connectivity index (χ1n) is 5.21. The van der Waals surface area contributed by atoms with Gasteiger partial charge in [0.1, 0.15) is 6.07 Å². The molecule has 0 aliphatic heterocycles. The minimum atomic E-state index is -0.504. The van der Waals surface area contributed by atoms with Gasteiger partial charge < -0.3 is 4.74 Å². The highest BCUT2D eigenvalue weighted by Crippen LogP contribution is 2.28. The van der Waals surface area contributed by atoms with Gasteiger partial charge in [-0.1, -0.05) is 19.8 Å². The summed E-state index contributed by atoms with van der Waals surface area (Å²) in [4.78, 5) is 0. The maximum Gasteiger partial charge on any atom is 0.180 e. The molecule has 1 rings (SSSR count). The summed E-state index contributed by atoms with van der Waals surface area (Å²) in [7, 11) is 0. The maximum absolute atomic E-state index is 13.6. The van der Waals surface area contributed by atoms with E-state index in [9.17, 15) is 4.39 Å². The van der Waals surface area contributed by atoms with Gasteiger partial charge in [0.05, 0.1) is 16.6 Å². The lowest BCUT2D eigenvalue weighted by Gasteiger charge is -2.08. The molecular formula is C12H13BrFNO. The smallest absolute Gasteiger partial charge is 0.180 e. The molecule has 0 aromatic heterocycles. The summed E-state index contributed by atoms with van der Waals surface area (Å²) < 4.78 is 19.1. The average molecular weight is 286 g/mol. The van der Waals surface area contributed by atoms with Crippen molar-refractivity contribution in [3.05, 3.63) is 28.0 Å². The predicted octanol–water partition coefficient (Wildman–Crippen LogP) is 4.03. The van der Waals surface area contributed by atoms with E-state index in [1.165, 1.54) is 6.07 Å². The van der Waals surface area contributed by atoms with Gasteiger partial charge in [0, 0.05) is 0 Å². The number of hydrogen-bond acceptors (Lipinski definition) is 2. The van der Waals surface area contributed by atoms with E-state index in [1.807, 2.05) is 6.07 Å². The molecule has 0 spiro atoms. The molecule has 4 heteroatoms. The second-order valence-electron chi connectivity index (χ2n) is 3.41. The van der Waals surface area contributed by atoms with Crippen molar-refractivity contribution in [3.63, 3.8) is 0 Å². The van der Waals surface area contributed by atoms with Crippen LogP contribution in [0.4, 0.5) is 4.39 Å². The zero-order valence-electron chi connectivity index (χ0n) is 9.09. The Morgan fingerprint density at radius 2 is 2.19 bits per heavy atom. The molecule has 0 unspecified atom stereocenters. The fraction of sp³-hybridized carbons (Fsp3) is 0.417. The molecule has 86 valence electrons. The molecule has 0 atom stereocenters. The monoisotopic (exact) mass is 285 g/mol. The first kappa shape index (κ1) is 13.0. The number of nitriles is 1. The first-order chi connectivity index (χ1) is 7.70. The van der Waals surface area contributed by atoms with Gasteiger partial charge in [0.25, 0.3) is 0 Å². The normalized spacial score (nSPS) is 9.88. The minimum Gasteiger partial charge on any atom is -0.490 e. The Morgan fingerprint density at radius 1 is 1.44 bits per heavy atom. The molecular weight excluding hydrogens is 273 g/mol. The summed E-state index contributed by atoms with van der Waals surface area (Å²) in [6.07, 6.45) is 3.08. The van der Waals surface area contributed by atoms with Crippen LogP contribution < -0.4 is 4.74 Å². The summed E-state index contributed by atoms with van der Waals surface area (Å²) in [5.41, 5.74) is 0.276.